The zero-order valence-corrected chi connectivity index (χ0v) is 11.3. The Morgan fingerprint density at radius 3 is 3.11 bits per heavy atom. The number of aromatic nitrogens is 2. The molecular weight excluding hydrogens is 240 g/mol. The van der Waals surface area contributed by atoms with Gasteiger partial charge in [0.2, 0.25) is 0 Å². The Balaban J connectivity index is 1.95. The molecular formula is C14H18N4O. The summed E-state index contributed by atoms with van der Waals surface area (Å²) >= 11 is 0. The first-order chi connectivity index (χ1) is 9.24. The average Bonchev–Trinajstić information content (AvgIpc) is 2.85. The van der Waals surface area contributed by atoms with Crippen molar-refractivity contribution >= 4 is 5.69 Å². The molecule has 0 fully saturated rings. The van der Waals surface area contributed by atoms with Crippen LogP contribution < -0.4 is 5.32 Å². The van der Waals surface area contributed by atoms with Crippen LogP contribution in [0.15, 0.2) is 22.7 Å². The van der Waals surface area contributed by atoms with E-state index < -0.39 is 0 Å². The van der Waals surface area contributed by atoms with Crippen LogP contribution in [0.4, 0.5) is 5.69 Å². The van der Waals surface area contributed by atoms with Gasteiger partial charge in [-0.2, -0.15) is 4.98 Å². The highest BCUT2D eigenvalue weighted by Gasteiger charge is 2.17. The van der Waals surface area contributed by atoms with Crippen LogP contribution in [0, 0.1) is 0 Å². The van der Waals surface area contributed by atoms with Crippen molar-refractivity contribution in [1.82, 2.24) is 15.0 Å². The second kappa shape index (κ2) is 5.01. The standard InChI is InChI=1S/C14H18N4O/c1-18(2)9-13-16-14(19-17-13)11-5-3-7-12-10(11)6-4-8-15-12/h3,5,7,15H,4,6,8-9H2,1-2H3. The smallest absolute Gasteiger partial charge is 0.258 e. The van der Waals surface area contributed by atoms with Gasteiger partial charge in [0, 0.05) is 17.8 Å². The second-order valence-electron chi connectivity index (χ2n) is 5.12. The van der Waals surface area contributed by atoms with Crippen LogP contribution in [-0.4, -0.2) is 35.7 Å². The van der Waals surface area contributed by atoms with Crippen molar-refractivity contribution in [2.75, 3.05) is 26.0 Å². The van der Waals surface area contributed by atoms with E-state index in [1.54, 1.807) is 0 Å². The summed E-state index contributed by atoms with van der Waals surface area (Å²) in [6, 6.07) is 6.19. The maximum atomic E-state index is 5.40. The number of rotatable bonds is 3. The molecule has 0 saturated carbocycles. The quantitative estimate of drug-likeness (QED) is 0.914. The fourth-order valence-electron chi connectivity index (χ4n) is 2.42. The summed E-state index contributed by atoms with van der Waals surface area (Å²) in [5.74, 6) is 1.35. The van der Waals surface area contributed by atoms with Gasteiger partial charge in [-0.05, 0) is 44.6 Å². The molecule has 0 radical (unpaired) electrons. The Kier molecular flexibility index (Phi) is 3.21. The van der Waals surface area contributed by atoms with Crippen molar-refractivity contribution in [3.63, 3.8) is 0 Å². The zero-order valence-electron chi connectivity index (χ0n) is 11.3. The number of benzene rings is 1. The molecule has 1 aromatic heterocycles. The molecule has 0 spiro atoms. The number of anilines is 1. The van der Waals surface area contributed by atoms with Gasteiger partial charge in [-0.1, -0.05) is 11.2 Å². The van der Waals surface area contributed by atoms with Crippen molar-refractivity contribution in [2.24, 2.45) is 0 Å². The van der Waals surface area contributed by atoms with Crippen LogP contribution in [0.25, 0.3) is 11.5 Å². The Morgan fingerprint density at radius 2 is 2.26 bits per heavy atom. The lowest BCUT2D eigenvalue weighted by Gasteiger charge is -2.19. The maximum absolute atomic E-state index is 5.40. The van der Waals surface area contributed by atoms with E-state index in [-0.39, 0.29) is 0 Å². The minimum absolute atomic E-state index is 0.623. The number of fused-ring (bicyclic) bond motifs is 1. The summed E-state index contributed by atoms with van der Waals surface area (Å²) in [7, 11) is 3.98. The molecule has 0 aliphatic carbocycles. The fourth-order valence-corrected chi connectivity index (χ4v) is 2.42. The van der Waals surface area contributed by atoms with Crippen molar-refractivity contribution < 1.29 is 4.52 Å². The van der Waals surface area contributed by atoms with Gasteiger partial charge in [-0.3, -0.25) is 0 Å². The Morgan fingerprint density at radius 1 is 1.37 bits per heavy atom. The van der Waals surface area contributed by atoms with Crippen LogP contribution in [0.1, 0.15) is 17.8 Å². The van der Waals surface area contributed by atoms with E-state index in [1.165, 1.54) is 11.3 Å². The highest BCUT2D eigenvalue weighted by molar-refractivity contribution is 5.69. The van der Waals surface area contributed by atoms with Crippen LogP contribution in [0.3, 0.4) is 0 Å². The highest BCUT2D eigenvalue weighted by atomic mass is 16.5. The number of nitrogens with zero attached hydrogens (tertiary/aromatic N) is 3. The van der Waals surface area contributed by atoms with Gasteiger partial charge in [0.05, 0.1) is 6.54 Å². The average molecular weight is 258 g/mol. The Hall–Kier alpha value is -1.88. The monoisotopic (exact) mass is 258 g/mol. The van der Waals surface area contributed by atoms with Gasteiger partial charge >= 0.3 is 0 Å². The first kappa shape index (κ1) is 12.2. The maximum Gasteiger partial charge on any atom is 0.258 e. The Labute approximate surface area is 112 Å². The molecule has 100 valence electrons. The molecule has 1 aromatic carbocycles. The van der Waals surface area contributed by atoms with Gasteiger partial charge in [-0.15, -0.1) is 0 Å². The van der Waals surface area contributed by atoms with Gasteiger partial charge in [0.1, 0.15) is 0 Å². The molecule has 3 rings (SSSR count). The van der Waals surface area contributed by atoms with Crippen LogP contribution >= 0.6 is 0 Å². The summed E-state index contributed by atoms with van der Waals surface area (Å²) in [5.41, 5.74) is 3.53. The van der Waals surface area contributed by atoms with Gasteiger partial charge in [-0.25, -0.2) is 0 Å². The lowest BCUT2D eigenvalue weighted by Crippen LogP contribution is -2.12. The second-order valence-corrected chi connectivity index (χ2v) is 5.12. The molecule has 2 aromatic rings. The van der Waals surface area contributed by atoms with Gasteiger partial charge < -0.3 is 14.7 Å². The third-order valence-electron chi connectivity index (χ3n) is 3.25. The molecule has 0 saturated heterocycles. The number of hydrogen-bond donors (Lipinski definition) is 1. The topological polar surface area (TPSA) is 54.2 Å². The van der Waals surface area contributed by atoms with Crippen molar-refractivity contribution in [3.05, 3.63) is 29.6 Å². The van der Waals surface area contributed by atoms with Crippen molar-refractivity contribution in [3.8, 4) is 11.5 Å². The molecule has 0 atom stereocenters. The molecule has 5 nitrogen and oxygen atoms in total. The molecule has 0 bridgehead atoms. The van der Waals surface area contributed by atoms with Crippen molar-refractivity contribution in [2.45, 2.75) is 19.4 Å². The van der Waals surface area contributed by atoms with E-state index in [0.29, 0.717) is 12.4 Å². The third kappa shape index (κ3) is 2.46. The van der Waals surface area contributed by atoms with Gasteiger partial charge in [0.25, 0.3) is 5.89 Å². The molecule has 2 heterocycles. The van der Waals surface area contributed by atoms with Gasteiger partial charge in [0.15, 0.2) is 5.82 Å². The van der Waals surface area contributed by atoms with E-state index in [4.69, 9.17) is 4.52 Å². The van der Waals surface area contributed by atoms with Crippen LogP contribution in [-0.2, 0) is 13.0 Å². The van der Waals surface area contributed by atoms with Crippen LogP contribution in [0.5, 0.6) is 0 Å². The summed E-state index contributed by atoms with van der Waals surface area (Å²) in [5, 5.41) is 7.45. The number of nitrogens with one attached hydrogen (secondary N) is 1. The molecule has 1 aliphatic heterocycles. The normalized spacial score (nSPS) is 14.3. The molecule has 0 amide bonds. The summed E-state index contributed by atoms with van der Waals surface area (Å²) in [6.45, 7) is 1.73. The van der Waals surface area contributed by atoms with E-state index in [9.17, 15) is 0 Å². The Bertz CT molecular complexity index is 577. The van der Waals surface area contributed by atoms with Crippen molar-refractivity contribution in [1.29, 1.82) is 0 Å². The highest BCUT2D eigenvalue weighted by Crippen LogP contribution is 2.31. The minimum Gasteiger partial charge on any atom is -0.385 e. The predicted molar refractivity (Wildman–Crippen MR) is 73.9 cm³/mol. The summed E-state index contributed by atoms with van der Waals surface area (Å²) < 4.78 is 5.40. The lowest BCUT2D eigenvalue weighted by atomic mass is 9.97. The predicted octanol–water partition coefficient (Wildman–Crippen LogP) is 2.16. The SMILES string of the molecule is CN(C)Cc1noc(-c2cccc3c2CCCN3)n1. The fraction of sp³-hybridized carbons (Fsp3) is 0.429. The molecule has 1 N–H and O–H groups in total. The number of hydrogen-bond acceptors (Lipinski definition) is 5. The molecule has 5 heteroatoms. The summed E-state index contributed by atoms with van der Waals surface area (Å²) in [6.07, 6.45) is 2.20. The zero-order chi connectivity index (χ0) is 13.2. The van der Waals surface area contributed by atoms with E-state index in [2.05, 4.69) is 27.6 Å². The lowest BCUT2D eigenvalue weighted by molar-refractivity contribution is 0.365. The summed E-state index contributed by atoms with van der Waals surface area (Å²) in [4.78, 5) is 6.51. The van der Waals surface area contributed by atoms with E-state index >= 15 is 0 Å². The largest absolute Gasteiger partial charge is 0.385 e. The third-order valence-corrected chi connectivity index (χ3v) is 3.25. The molecule has 1 aliphatic rings. The molecule has 19 heavy (non-hydrogen) atoms. The minimum atomic E-state index is 0.623. The van der Waals surface area contributed by atoms with Crippen LogP contribution in [0.2, 0.25) is 0 Å². The first-order valence-corrected chi connectivity index (χ1v) is 6.57. The van der Waals surface area contributed by atoms with E-state index in [1.807, 2.05) is 25.1 Å². The first-order valence-electron chi connectivity index (χ1n) is 6.57. The van der Waals surface area contributed by atoms with E-state index in [0.717, 1.165) is 30.8 Å². The molecule has 0 unspecified atom stereocenters.